The van der Waals surface area contributed by atoms with E-state index >= 15 is 0 Å². The van der Waals surface area contributed by atoms with Gasteiger partial charge in [0, 0.05) is 19.7 Å². The van der Waals surface area contributed by atoms with Crippen LogP contribution in [0.25, 0.3) is 0 Å². The maximum atomic E-state index is 11.7. The van der Waals surface area contributed by atoms with Gasteiger partial charge in [-0.3, -0.25) is 10.00 Å². The number of nitrogens with zero attached hydrogens (tertiary/aromatic N) is 2. The van der Waals surface area contributed by atoms with Gasteiger partial charge in [-0.25, -0.2) is 4.79 Å². The third-order valence-corrected chi connectivity index (χ3v) is 2.93. The molecule has 0 saturated carbocycles. The second-order valence-electron chi connectivity index (χ2n) is 4.91. The van der Waals surface area contributed by atoms with E-state index < -0.39 is 12.1 Å². The lowest BCUT2D eigenvalue weighted by Crippen LogP contribution is -2.38. The quantitative estimate of drug-likeness (QED) is 0.750. The molecule has 3 N–H and O–H groups in total. The van der Waals surface area contributed by atoms with Crippen molar-refractivity contribution < 1.29 is 14.6 Å². The first kappa shape index (κ1) is 15.8. The van der Waals surface area contributed by atoms with Crippen LogP contribution in [0, 0.1) is 6.92 Å². The Balaban J connectivity index is 1.70. The Morgan fingerprint density at radius 2 is 2.14 bits per heavy atom. The Labute approximate surface area is 128 Å². The maximum absolute atomic E-state index is 11.7. The zero-order chi connectivity index (χ0) is 15.9. The molecule has 0 saturated heterocycles. The molecule has 1 atom stereocenters. The first-order chi connectivity index (χ1) is 10.5. The van der Waals surface area contributed by atoms with Gasteiger partial charge >= 0.3 is 6.03 Å². The molecule has 0 aliphatic heterocycles. The molecule has 0 fully saturated rings. The van der Waals surface area contributed by atoms with Crippen molar-refractivity contribution in [1.29, 1.82) is 0 Å². The molecule has 0 radical (unpaired) electrons. The van der Waals surface area contributed by atoms with Crippen LogP contribution in [-0.2, 0) is 7.05 Å². The number of amides is 2. The van der Waals surface area contributed by atoms with Gasteiger partial charge in [0.05, 0.1) is 5.69 Å². The number of ether oxygens (including phenoxy) is 1. The summed E-state index contributed by atoms with van der Waals surface area (Å²) in [4.78, 5) is 11.7. The highest BCUT2D eigenvalue weighted by Gasteiger charge is 2.10. The van der Waals surface area contributed by atoms with Gasteiger partial charge in [-0.05, 0) is 19.1 Å². The SMILES string of the molecule is Cc1cc(NC(=O)NC[C@@H](O)COc2ccccc2)n(C)n1. The van der Waals surface area contributed by atoms with E-state index in [1.807, 2.05) is 25.1 Å². The smallest absolute Gasteiger partial charge is 0.320 e. The number of carbonyl (C=O) groups is 1. The Morgan fingerprint density at radius 3 is 2.77 bits per heavy atom. The molecule has 7 nitrogen and oxygen atoms in total. The normalized spacial score (nSPS) is 11.8. The third-order valence-electron chi connectivity index (χ3n) is 2.93. The number of hydrogen-bond acceptors (Lipinski definition) is 4. The lowest BCUT2D eigenvalue weighted by Gasteiger charge is -2.13. The largest absolute Gasteiger partial charge is 0.491 e. The highest BCUT2D eigenvalue weighted by Crippen LogP contribution is 2.09. The lowest BCUT2D eigenvalue weighted by atomic mass is 10.3. The van der Waals surface area contributed by atoms with Crippen molar-refractivity contribution in [2.24, 2.45) is 7.05 Å². The summed E-state index contributed by atoms with van der Waals surface area (Å²) in [5, 5.41) is 19.2. The number of aliphatic hydroxyl groups excluding tert-OH is 1. The summed E-state index contributed by atoms with van der Waals surface area (Å²) in [5.41, 5.74) is 0.814. The summed E-state index contributed by atoms with van der Waals surface area (Å²) in [5.74, 6) is 1.27. The van der Waals surface area contributed by atoms with E-state index in [0.717, 1.165) is 5.69 Å². The van der Waals surface area contributed by atoms with Crippen molar-refractivity contribution in [1.82, 2.24) is 15.1 Å². The highest BCUT2D eigenvalue weighted by molar-refractivity contribution is 5.88. The summed E-state index contributed by atoms with van der Waals surface area (Å²) >= 11 is 0. The Hall–Kier alpha value is -2.54. The number of aryl methyl sites for hydroxylation is 2. The Kier molecular flexibility index (Phi) is 5.37. The van der Waals surface area contributed by atoms with E-state index in [1.54, 1.807) is 29.9 Å². The molecule has 0 bridgehead atoms. The van der Waals surface area contributed by atoms with E-state index in [1.165, 1.54) is 0 Å². The number of urea groups is 1. The second kappa shape index (κ2) is 7.46. The van der Waals surface area contributed by atoms with Crippen LogP contribution in [0.5, 0.6) is 5.75 Å². The number of rotatable bonds is 6. The fraction of sp³-hybridized carbons (Fsp3) is 0.333. The molecular weight excluding hydrogens is 284 g/mol. The first-order valence-corrected chi connectivity index (χ1v) is 6.96. The van der Waals surface area contributed by atoms with Crippen LogP contribution >= 0.6 is 0 Å². The molecule has 0 aliphatic rings. The fourth-order valence-electron chi connectivity index (χ4n) is 1.87. The van der Waals surface area contributed by atoms with Crippen molar-refractivity contribution in [3.05, 3.63) is 42.1 Å². The van der Waals surface area contributed by atoms with Crippen LogP contribution in [-0.4, -0.2) is 40.2 Å². The summed E-state index contributed by atoms with van der Waals surface area (Å²) in [6.07, 6.45) is -0.792. The van der Waals surface area contributed by atoms with Gasteiger partial charge in [-0.2, -0.15) is 5.10 Å². The predicted molar refractivity (Wildman–Crippen MR) is 82.9 cm³/mol. The van der Waals surface area contributed by atoms with E-state index in [2.05, 4.69) is 15.7 Å². The zero-order valence-corrected chi connectivity index (χ0v) is 12.6. The fourth-order valence-corrected chi connectivity index (χ4v) is 1.87. The molecule has 0 unspecified atom stereocenters. The average molecular weight is 304 g/mol. The molecule has 1 aromatic heterocycles. The highest BCUT2D eigenvalue weighted by atomic mass is 16.5. The molecule has 2 amide bonds. The van der Waals surface area contributed by atoms with E-state index in [4.69, 9.17) is 4.74 Å². The van der Waals surface area contributed by atoms with Crippen LogP contribution in [0.2, 0.25) is 0 Å². The van der Waals surface area contributed by atoms with Crippen LogP contribution in [0.1, 0.15) is 5.69 Å². The number of aromatic nitrogens is 2. The first-order valence-electron chi connectivity index (χ1n) is 6.96. The molecule has 2 rings (SSSR count). The standard InChI is InChI=1S/C15H20N4O3/c1-11-8-14(19(2)18-11)17-15(21)16-9-12(20)10-22-13-6-4-3-5-7-13/h3-8,12,20H,9-10H2,1-2H3,(H2,16,17,21)/t12-/m1/s1. The molecule has 22 heavy (non-hydrogen) atoms. The van der Waals surface area contributed by atoms with Crippen molar-refractivity contribution in [3.8, 4) is 5.75 Å². The number of anilines is 1. The van der Waals surface area contributed by atoms with E-state index in [-0.39, 0.29) is 13.2 Å². The topological polar surface area (TPSA) is 88.4 Å². The van der Waals surface area contributed by atoms with Gasteiger partial charge in [0.25, 0.3) is 0 Å². The van der Waals surface area contributed by atoms with E-state index in [9.17, 15) is 9.90 Å². The zero-order valence-electron chi connectivity index (χ0n) is 12.6. The second-order valence-corrected chi connectivity index (χ2v) is 4.91. The van der Waals surface area contributed by atoms with Gasteiger partial charge in [-0.15, -0.1) is 0 Å². The van der Waals surface area contributed by atoms with E-state index in [0.29, 0.717) is 11.6 Å². The minimum atomic E-state index is -0.792. The van der Waals surface area contributed by atoms with Gasteiger partial charge in [0.15, 0.2) is 0 Å². The van der Waals surface area contributed by atoms with Crippen LogP contribution in [0.4, 0.5) is 10.6 Å². The number of hydrogen-bond donors (Lipinski definition) is 3. The minimum absolute atomic E-state index is 0.0928. The number of carbonyl (C=O) groups excluding carboxylic acids is 1. The Morgan fingerprint density at radius 1 is 1.41 bits per heavy atom. The molecule has 2 aromatic rings. The Bertz CT molecular complexity index is 613. The predicted octanol–water partition coefficient (Wildman–Crippen LogP) is 1.29. The summed E-state index contributed by atoms with van der Waals surface area (Å²) < 4.78 is 6.98. The number of para-hydroxylation sites is 1. The minimum Gasteiger partial charge on any atom is -0.491 e. The maximum Gasteiger partial charge on any atom is 0.320 e. The van der Waals surface area contributed by atoms with Crippen molar-refractivity contribution in [2.45, 2.75) is 13.0 Å². The van der Waals surface area contributed by atoms with Gasteiger partial charge in [0.1, 0.15) is 24.3 Å². The molecule has 118 valence electrons. The average Bonchev–Trinajstić information content (AvgIpc) is 2.82. The van der Waals surface area contributed by atoms with Crippen molar-refractivity contribution in [3.63, 3.8) is 0 Å². The molecule has 0 aliphatic carbocycles. The van der Waals surface area contributed by atoms with Crippen LogP contribution in [0.15, 0.2) is 36.4 Å². The number of nitrogens with one attached hydrogen (secondary N) is 2. The number of benzene rings is 1. The summed E-state index contributed by atoms with van der Waals surface area (Å²) in [7, 11) is 1.74. The van der Waals surface area contributed by atoms with Gasteiger partial charge in [-0.1, -0.05) is 18.2 Å². The molecule has 0 spiro atoms. The monoisotopic (exact) mass is 304 g/mol. The van der Waals surface area contributed by atoms with Crippen LogP contribution in [0.3, 0.4) is 0 Å². The summed E-state index contributed by atoms with van der Waals surface area (Å²) in [6, 6.07) is 10.5. The van der Waals surface area contributed by atoms with Gasteiger partial charge in [0.2, 0.25) is 0 Å². The molecular formula is C15H20N4O3. The molecule has 1 heterocycles. The lowest BCUT2D eigenvalue weighted by molar-refractivity contribution is 0.108. The van der Waals surface area contributed by atoms with Crippen molar-refractivity contribution in [2.75, 3.05) is 18.5 Å². The number of aliphatic hydroxyl groups is 1. The molecule has 1 aromatic carbocycles. The summed E-state index contributed by atoms with van der Waals surface area (Å²) in [6.45, 7) is 2.04. The third kappa shape index (κ3) is 4.78. The van der Waals surface area contributed by atoms with Crippen LogP contribution < -0.4 is 15.4 Å². The van der Waals surface area contributed by atoms with Crippen molar-refractivity contribution >= 4 is 11.8 Å². The molecule has 7 heteroatoms. The van der Waals surface area contributed by atoms with Gasteiger partial charge < -0.3 is 15.2 Å².